The predicted octanol–water partition coefficient (Wildman–Crippen LogP) is 13.2. The SMILES string of the molecule is CCCCC/C=C/C/C=C/C/C=C/CCCCCCC(=O)OC[C@H](CO)OC(=O)CCCCCCCCCCCCCCCCCCCC. The van der Waals surface area contributed by atoms with Crippen molar-refractivity contribution in [3.8, 4) is 0 Å². The van der Waals surface area contributed by atoms with Gasteiger partial charge >= 0.3 is 11.9 Å². The Bertz CT molecular complexity index is 786. The van der Waals surface area contributed by atoms with E-state index in [0.29, 0.717) is 12.8 Å². The third kappa shape index (κ3) is 38.8. The maximum absolute atomic E-state index is 12.2. The number of carbonyl (C=O) groups excluding carboxylic acids is 2. The highest BCUT2D eigenvalue weighted by atomic mass is 16.6. The summed E-state index contributed by atoms with van der Waals surface area (Å²) >= 11 is 0. The Morgan fingerprint density at radius 3 is 1.27 bits per heavy atom. The van der Waals surface area contributed by atoms with Crippen molar-refractivity contribution in [3.05, 3.63) is 36.5 Å². The largest absolute Gasteiger partial charge is 0.462 e. The summed E-state index contributed by atoms with van der Waals surface area (Å²) in [5, 5.41) is 9.57. The summed E-state index contributed by atoms with van der Waals surface area (Å²) in [5.74, 6) is -0.609. The van der Waals surface area contributed by atoms with Gasteiger partial charge in [-0.25, -0.2) is 0 Å². The van der Waals surface area contributed by atoms with Crippen LogP contribution in [0.25, 0.3) is 0 Å². The van der Waals surface area contributed by atoms with Crippen LogP contribution in [0.4, 0.5) is 0 Å². The first-order valence-electron chi connectivity index (χ1n) is 21.0. The average Bonchev–Trinajstić information content (AvgIpc) is 3.10. The summed E-state index contributed by atoms with van der Waals surface area (Å²) in [5.41, 5.74) is 0. The van der Waals surface area contributed by atoms with E-state index in [1.807, 2.05) is 0 Å². The minimum Gasteiger partial charge on any atom is -0.462 e. The highest BCUT2D eigenvalue weighted by Crippen LogP contribution is 2.15. The number of carbonyl (C=O) groups is 2. The molecule has 0 saturated heterocycles. The molecule has 0 aliphatic heterocycles. The smallest absolute Gasteiger partial charge is 0.306 e. The van der Waals surface area contributed by atoms with Crippen LogP contribution in [0.15, 0.2) is 36.5 Å². The maximum atomic E-state index is 12.2. The number of hydrogen-bond donors (Lipinski definition) is 1. The van der Waals surface area contributed by atoms with Crippen molar-refractivity contribution >= 4 is 11.9 Å². The molecule has 0 fully saturated rings. The van der Waals surface area contributed by atoms with Gasteiger partial charge in [0, 0.05) is 12.8 Å². The minimum atomic E-state index is -0.777. The molecule has 0 aliphatic carbocycles. The summed E-state index contributed by atoms with van der Waals surface area (Å²) in [6.45, 7) is 4.11. The molecular formula is C44H80O5. The zero-order chi connectivity index (χ0) is 35.7. The van der Waals surface area contributed by atoms with E-state index >= 15 is 0 Å². The third-order valence-electron chi connectivity index (χ3n) is 9.19. The second kappa shape index (κ2) is 40.5. The highest BCUT2D eigenvalue weighted by Gasteiger charge is 2.16. The van der Waals surface area contributed by atoms with Crippen molar-refractivity contribution in [2.45, 2.75) is 219 Å². The van der Waals surface area contributed by atoms with Crippen LogP contribution in [0.2, 0.25) is 0 Å². The van der Waals surface area contributed by atoms with Crippen molar-refractivity contribution in [1.82, 2.24) is 0 Å². The molecule has 0 saturated carbocycles. The number of aliphatic hydroxyl groups is 1. The quantitative estimate of drug-likeness (QED) is 0.0397. The minimum absolute atomic E-state index is 0.0747. The Morgan fingerprint density at radius 1 is 0.469 bits per heavy atom. The molecule has 5 nitrogen and oxygen atoms in total. The molecule has 0 bridgehead atoms. The topological polar surface area (TPSA) is 72.8 Å². The molecule has 0 heterocycles. The molecule has 0 aromatic rings. The van der Waals surface area contributed by atoms with Gasteiger partial charge in [-0.2, -0.15) is 0 Å². The summed E-state index contributed by atoms with van der Waals surface area (Å²) in [6, 6.07) is 0. The van der Waals surface area contributed by atoms with Gasteiger partial charge in [-0.05, 0) is 51.4 Å². The van der Waals surface area contributed by atoms with Gasteiger partial charge in [-0.3, -0.25) is 9.59 Å². The molecule has 1 N–H and O–H groups in total. The van der Waals surface area contributed by atoms with E-state index < -0.39 is 6.10 Å². The van der Waals surface area contributed by atoms with Gasteiger partial charge in [0.15, 0.2) is 6.10 Å². The van der Waals surface area contributed by atoms with Gasteiger partial charge in [0.25, 0.3) is 0 Å². The monoisotopic (exact) mass is 689 g/mol. The van der Waals surface area contributed by atoms with Gasteiger partial charge in [0.2, 0.25) is 0 Å². The normalized spacial score (nSPS) is 12.5. The van der Waals surface area contributed by atoms with Crippen LogP contribution in [0, 0.1) is 0 Å². The lowest BCUT2D eigenvalue weighted by molar-refractivity contribution is -0.161. The number of rotatable bonds is 38. The standard InChI is InChI=1S/C44H80O5/c1-3-5-7-9-11-13-15-17-19-21-23-25-27-29-31-33-35-37-39-44(47)49-42(40-45)41-48-43(46)38-36-34-32-30-28-26-24-22-20-18-16-14-12-10-8-6-4-2/h12,14,18,20,24,26,42,45H,3-11,13,15-17,19,21-23,25,27-41H2,1-2H3/b14-12+,20-18+,26-24+/t42-/m0/s1. The van der Waals surface area contributed by atoms with Crippen molar-refractivity contribution in [2.75, 3.05) is 13.2 Å². The van der Waals surface area contributed by atoms with Gasteiger partial charge < -0.3 is 14.6 Å². The number of esters is 2. The highest BCUT2D eigenvalue weighted by molar-refractivity contribution is 5.70. The molecule has 0 unspecified atom stereocenters. The van der Waals surface area contributed by atoms with E-state index in [1.54, 1.807) is 0 Å². The summed E-state index contributed by atoms with van der Waals surface area (Å²) in [6.07, 6.45) is 49.2. The Hall–Kier alpha value is -1.88. The van der Waals surface area contributed by atoms with Crippen LogP contribution in [-0.2, 0) is 19.1 Å². The van der Waals surface area contributed by atoms with E-state index in [-0.39, 0.29) is 25.2 Å². The van der Waals surface area contributed by atoms with E-state index in [9.17, 15) is 14.7 Å². The average molecular weight is 689 g/mol. The molecular weight excluding hydrogens is 608 g/mol. The molecule has 0 radical (unpaired) electrons. The molecule has 0 rings (SSSR count). The molecule has 0 spiro atoms. The maximum Gasteiger partial charge on any atom is 0.306 e. The first-order chi connectivity index (χ1) is 24.1. The zero-order valence-corrected chi connectivity index (χ0v) is 32.5. The first-order valence-corrected chi connectivity index (χ1v) is 21.0. The number of unbranched alkanes of at least 4 members (excludes halogenated alkanes) is 24. The predicted molar refractivity (Wildman–Crippen MR) is 210 cm³/mol. The Kier molecular flexibility index (Phi) is 39.0. The molecule has 49 heavy (non-hydrogen) atoms. The fourth-order valence-corrected chi connectivity index (χ4v) is 5.97. The van der Waals surface area contributed by atoms with Gasteiger partial charge in [-0.15, -0.1) is 0 Å². The fraction of sp³-hybridized carbons (Fsp3) is 0.818. The van der Waals surface area contributed by atoms with Crippen LogP contribution in [-0.4, -0.2) is 36.4 Å². The number of ether oxygens (including phenoxy) is 2. The lowest BCUT2D eigenvalue weighted by atomic mass is 10.0. The molecule has 5 heteroatoms. The van der Waals surface area contributed by atoms with Gasteiger partial charge in [0.1, 0.15) is 6.61 Å². The summed E-state index contributed by atoms with van der Waals surface area (Å²) < 4.78 is 10.6. The van der Waals surface area contributed by atoms with E-state index in [1.165, 1.54) is 122 Å². The fourth-order valence-electron chi connectivity index (χ4n) is 5.97. The number of hydrogen-bond acceptors (Lipinski definition) is 5. The van der Waals surface area contributed by atoms with Crippen LogP contribution in [0.1, 0.15) is 213 Å². The molecule has 286 valence electrons. The van der Waals surface area contributed by atoms with E-state index in [0.717, 1.165) is 64.2 Å². The van der Waals surface area contributed by atoms with Crippen LogP contribution >= 0.6 is 0 Å². The number of allylic oxidation sites excluding steroid dienone is 6. The molecule has 0 aliphatic rings. The second-order valence-electron chi connectivity index (χ2n) is 14.1. The van der Waals surface area contributed by atoms with Crippen molar-refractivity contribution in [2.24, 2.45) is 0 Å². The lowest BCUT2D eigenvalue weighted by Crippen LogP contribution is -2.28. The first kappa shape index (κ1) is 47.1. The van der Waals surface area contributed by atoms with Crippen LogP contribution in [0.3, 0.4) is 0 Å². The van der Waals surface area contributed by atoms with Crippen LogP contribution < -0.4 is 0 Å². The van der Waals surface area contributed by atoms with E-state index in [2.05, 4.69) is 50.3 Å². The summed E-state index contributed by atoms with van der Waals surface area (Å²) in [4.78, 5) is 24.3. The summed E-state index contributed by atoms with van der Waals surface area (Å²) in [7, 11) is 0. The molecule has 0 amide bonds. The van der Waals surface area contributed by atoms with Gasteiger partial charge in [-0.1, -0.05) is 185 Å². The second-order valence-corrected chi connectivity index (χ2v) is 14.1. The Labute approximate surface area is 304 Å². The zero-order valence-electron chi connectivity index (χ0n) is 32.5. The third-order valence-corrected chi connectivity index (χ3v) is 9.19. The van der Waals surface area contributed by atoms with E-state index in [4.69, 9.17) is 9.47 Å². The lowest BCUT2D eigenvalue weighted by Gasteiger charge is -2.15. The molecule has 1 atom stereocenters. The number of aliphatic hydroxyl groups excluding tert-OH is 1. The van der Waals surface area contributed by atoms with Crippen LogP contribution in [0.5, 0.6) is 0 Å². The van der Waals surface area contributed by atoms with Crippen molar-refractivity contribution < 1.29 is 24.2 Å². The Balaban J connectivity index is 3.56. The van der Waals surface area contributed by atoms with Crippen molar-refractivity contribution in [1.29, 1.82) is 0 Å². The molecule has 0 aromatic heterocycles. The van der Waals surface area contributed by atoms with Gasteiger partial charge in [0.05, 0.1) is 6.61 Å². The van der Waals surface area contributed by atoms with Crippen molar-refractivity contribution in [3.63, 3.8) is 0 Å². The Morgan fingerprint density at radius 2 is 0.816 bits per heavy atom. The molecule has 0 aromatic carbocycles.